The quantitative estimate of drug-likeness (QED) is 0.819. The van der Waals surface area contributed by atoms with Crippen molar-refractivity contribution < 1.29 is 4.79 Å². The zero-order valence-electron chi connectivity index (χ0n) is 12.6. The molecule has 0 radical (unpaired) electrons. The third kappa shape index (κ3) is 4.34. The monoisotopic (exact) mass is 278 g/mol. The first kappa shape index (κ1) is 15.0. The van der Waals surface area contributed by atoms with Crippen LogP contribution in [0.15, 0.2) is 12.3 Å². The van der Waals surface area contributed by atoms with Gasteiger partial charge in [-0.3, -0.25) is 9.48 Å². The average molecular weight is 278 g/mol. The predicted octanol–water partition coefficient (Wildman–Crippen LogP) is 1.10. The third-order valence-electron chi connectivity index (χ3n) is 4.27. The summed E-state index contributed by atoms with van der Waals surface area (Å²) < 4.78 is 1.85. The van der Waals surface area contributed by atoms with Gasteiger partial charge in [-0.15, -0.1) is 0 Å². The van der Waals surface area contributed by atoms with Crippen LogP contribution < -0.4 is 10.6 Å². The van der Waals surface area contributed by atoms with E-state index in [1.54, 1.807) is 6.20 Å². The fourth-order valence-corrected chi connectivity index (χ4v) is 2.87. The molecule has 20 heavy (non-hydrogen) atoms. The first-order chi connectivity index (χ1) is 9.66. The van der Waals surface area contributed by atoms with Crippen molar-refractivity contribution in [3.05, 3.63) is 18.0 Å². The van der Waals surface area contributed by atoms with Gasteiger partial charge in [0.15, 0.2) is 0 Å². The number of nitrogens with zero attached hydrogens (tertiary/aromatic N) is 2. The second kappa shape index (κ2) is 7.43. The van der Waals surface area contributed by atoms with Crippen molar-refractivity contribution in [2.75, 3.05) is 19.6 Å². The van der Waals surface area contributed by atoms with Crippen LogP contribution in [-0.2, 0) is 18.3 Å². The van der Waals surface area contributed by atoms with Gasteiger partial charge < -0.3 is 10.6 Å². The highest BCUT2D eigenvalue weighted by Gasteiger charge is 2.21. The molecule has 1 aromatic heterocycles. The fraction of sp³-hybridized carbons (Fsp3) is 0.733. The van der Waals surface area contributed by atoms with Gasteiger partial charge in [0, 0.05) is 38.3 Å². The number of amides is 1. The summed E-state index contributed by atoms with van der Waals surface area (Å²) in [7, 11) is 1.93. The Kier molecular flexibility index (Phi) is 5.59. The first-order valence-corrected chi connectivity index (χ1v) is 7.61. The van der Waals surface area contributed by atoms with E-state index >= 15 is 0 Å². The molecule has 1 aromatic rings. The van der Waals surface area contributed by atoms with Crippen LogP contribution in [0.3, 0.4) is 0 Å². The van der Waals surface area contributed by atoms with Gasteiger partial charge in [0.1, 0.15) is 0 Å². The van der Waals surface area contributed by atoms with E-state index in [1.165, 1.54) is 12.8 Å². The van der Waals surface area contributed by atoms with Crippen molar-refractivity contribution in [2.45, 2.75) is 32.6 Å². The summed E-state index contributed by atoms with van der Waals surface area (Å²) in [6.07, 6.45) is 5.74. The molecule has 1 amide bonds. The normalized spacial score (nSPS) is 20.6. The van der Waals surface area contributed by atoms with Gasteiger partial charge in [0.2, 0.25) is 5.91 Å². The van der Waals surface area contributed by atoms with Crippen LogP contribution in [0, 0.1) is 11.8 Å². The van der Waals surface area contributed by atoms with E-state index in [0.717, 1.165) is 25.2 Å². The maximum absolute atomic E-state index is 12.0. The van der Waals surface area contributed by atoms with E-state index in [1.807, 2.05) is 17.8 Å². The highest BCUT2D eigenvalue weighted by Crippen LogP contribution is 2.22. The van der Waals surface area contributed by atoms with Gasteiger partial charge >= 0.3 is 0 Å². The lowest BCUT2D eigenvalue weighted by Crippen LogP contribution is -2.36. The Balaban J connectivity index is 1.65. The van der Waals surface area contributed by atoms with E-state index in [9.17, 15) is 4.79 Å². The van der Waals surface area contributed by atoms with Crippen molar-refractivity contribution in [3.63, 3.8) is 0 Å². The molecule has 2 N–H and O–H groups in total. The summed E-state index contributed by atoms with van der Waals surface area (Å²) in [6.45, 7) is 5.07. The van der Waals surface area contributed by atoms with Crippen LogP contribution in [0.25, 0.3) is 0 Å². The molecule has 0 bridgehead atoms. The molecule has 1 saturated heterocycles. The van der Waals surface area contributed by atoms with E-state index in [4.69, 9.17) is 0 Å². The fourth-order valence-electron chi connectivity index (χ4n) is 2.87. The maximum Gasteiger partial charge on any atom is 0.220 e. The minimum Gasteiger partial charge on any atom is -0.356 e. The number of rotatable bonds is 6. The summed E-state index contributed by atoms with van der Waals surface area (Å²) in [5.41, 5.74) is 1.15. The van der Waals surface area contributed by atoms with Crippen LogP contribution in [0.2, 0.25) is 0 Å². The standard InChI is InChI=1S/C15H26N4O/c1-12(13-4-3-7-16-11-13)10-15(20)17-8-5-14-6-9-18-19(14)2/h6,9,12-13,16H,3-5,7-8,10-11H2,1-2H3,(H,17,20). The molecule has 2 unspecified atom stereocenters. The minimum absolute atomic E-state index is 0.172. The molecule has 1 aliphatic rings. The topological polar surface area (TPSA) is 59.0 Å². The van der Waals surface area contributed by atoms with E-state index in [0.29, 0.717) is 24.8 Å². The number of hydrogen-bond donors (Lipinski definition) is 2. The Hall–Kier alpha value is -1.36. The van der Waals surface area contributed by atoms with Crippen LogP contribution in [0.5, 0.6) is 0 Å². The number of piperidine rings is 1. The third-order valence-corrected chi connectivity index (χ3v) is 4.27. The predicted molar refractivity (Wildman–Crippen MR) is 79.3 cm³/mol. The van der Waals surface area contributed by atoms with E-state index in [2.05, 4.69) is 22.7 Å². The largest absolute Gasteiger partial charge is 0.356 e. The SMILES string of the molecule is CC(CC(=O)NCCc1ccnn1C)C1CCCNC1. The molecule has 2 rings (SSSR count). The highest BCUT2D eigenvalue weighted by molar-refractivity contribution is 5.76. The van der Waals surface area contributed by atoms with Crippen molar-refractivity contribution in [1.82, 2.24) is 20.4 Å². The molecule has 112 valence electrons. The highest BCUT2D eigenvalue weighted by atomic mass is 16.1. The van der Waals surface area contributed by atoms with Crippen LogP contribution in [0.4, 0.5) is 0 Å². The lowest BCUT2D eigenvalue weighted by atomic mass is 9.85. The number of hydrogen-bond acceptors (Lipinski definition) is 3. The number of carbonyl (C=O) groups is 1. The minimum atomic E-state index is 0.172. The molecule has 0 saturated carbocycles. The second-order valence-corrected chi connectivity index (χ2v) is 5.83. The number of aryl methyl sites for hydroxylation is 1. The summed E-state index contributed by atoms with van der Waals surface area (Å²) in [5.74, 6) is 1.27. The molecule has 5 nitrogen and oxygen atoms in total. The Bertz CT molecular complexity index is 423. The summed E-state index contributed by atoms with van der Waals surface area (Å²) in [4.78, 5) is 12.0. The molecular weight excluding hydrogens is 252 g/mol. The Morgan fingerprint density at radius 1 is 1.65 bits per heavy atom. The Morgan fingerprint density at radius 3 is 3.15 bits per heavy atom. The second-order valence-electron chi connectivity index (χ2n) is 5.83. The summed E-state index contributed by atoms with van der Waals surface area (Å²) in [6, 6.07) is 1.99. The molecule has 1 fully saturated rings. The first-order valence-electron chi connectivity index (χ1n) is 7.61. The molecule has 0 aromatic carbocycles. The van der Waals surface area contributed by atoms with E-state index < -0.39 is 0 Å². The van der Waals surface area contributed by atoms with Gasteiger partial charge in [0.25, 0.3) is 0 Å². The van der Waals surface area contributed by atoms with Gasteiger partial charge in [0.05, 0.1) is 0 Å². The lowest BCUT2D eigenvalue weighted by Gasteiger charge is -2.28. The number of carbonyl (C=O) groups excluding carboxylic acids is 1. The van der Waals surface area contributed by atoms with Crippen molar-refractivity contribution in [3.8, 4) is 0 Å². The lowest BCUT2D eigenvalue weighted by molar-refractivity contribution is -0.122. The zero-order chi connectivity index (χ0) is 14.4. The summed E-state index contributed by atoms with van der Waals surface area (Å²) >= 11 is 0. The Labute approximate surface area is 121 Å². The van der Waals surface area contributed by atoms with Gasteiger partial charge in [-0.1, -0.05) is 6.92 Å². The number of aromatic nitrogens is 2. The van der Waals surface area contributed by atoms with Crippen molar-refractivity contribution >= 4 is 5.91 Å². The Morgan fingerprint density at radius 2 is 2.50 bits per heavy atom. The smallest absolute Gasteiger partial charge is 0.220 e. The molecule has 2 heterocycles. The molecular formula is C15H26N4O. The van der Waals surface area contributed by atoms with Gasteiger partial charge in [-0.2, -0.15) is 5.10 Å². The van der Waals surface area contributed by atoms with Crippen LogP contribution in [-0.4, -0.2) is 35.3 Å². The van der Waals surface area contributed by atoms with Crippen molar-refractivity contribution in [1.29, 1.82) is 0 Å². The number of nitrogens with one attached hydrogen (secondary N) is 2. The van der Waals surface area contributed by atoms with Crippen molar-refractivity contribution in [2.24, 2.45) is 18.9 Å². The molecule has 5 heteroatoms. The molecule has 0 spiro atoms. The summed E-state index contributed by atoms with van der Waals surface area (Å²) in [5, 5.41) is 10.6. The molecule has 0 aliphatic carbocycles. The maximum atomic E-state index is 12.0. The molecule has 2 atom stereocenters. The van der Waals surface area contributed by atoms with Gasteiger partial charge in [-0.05, 0) is 43.8 Å². The molecule has 1 aliphatic heterocycles. The van der Waals surface area contributed by atoms with Gasteiger partial charge in [-0.25, -0.2) is 0 Å². The average Bonchev–Trinajstić information content (AvgIpc) is 2.85. The van der Waals surface area contributed by atoms with E-state index in [-0.39, 0.29) is 5.91 Å². The van der Waals surface area contributed by atoms with Crippen LogP contribution in [0.1, 0.15) is 31.9 Å². The van der Waals surface area contributed by atoms with Crippen LogP contribution >= 0.6 is 0 Å². The zero-order valence-corrected chi connectivity index (χ0v) is 12.6.